The number of benzene rings is 2. The van der Waals surface area contributed by atoms with E-state index < -0.39 is 11.9 Å². The molecule has 1 unspecified atom stereocenters. The Balaban J connectivity index is 2.00. The lowest BCUT2D eigenvalue weighted by Crippen LogP contribution is -2.12. The van der Waals surface area contributed by atoms with Crippen molar-refractivity contribution in [1.82, 2.24) is 0 Å². The Kier molecular flexibility index (Phi) is 4.75. The predicted octanol–water partition coefficient (Wildman–Crippen LogP) is 2.85. The molecular weight excluding hydrogens is 271 g/mol. The molecule has 0 saturated heterocycles. The number of aliphatic hydroxyl groups is 1. The second-order valence-corrected chi connectivity index (χ2v) is 4.48. The van der Waals surface area contributed by atoms with E-state index in [1.54, 1.807) is 37.4 Å². The topological polar surface area (TPSA) is 65.3 Å². The van der Waals surface area contributed by atoms with Crippen LogP contribution in [-0.4, -0.2) is 18.8 Å². The summed E-state index contributed by atoms with van der Waals surface area (Å²) in [6.07, 6.45) is -0.716. The quantitative estimate of drug-likeness (QED) is 0.887. The fraction of sp³-hybridized carbons (Fsp3) is 0.188. The maximum absolute atomic E-state index is 13.2. The lowest BCUT2D eigenvalue weighted by atomic mass is 10.1. The molecule has 21 heavy (non-hydrogen) atoms. The lowest BCUT2D eigenvalue weighted by molar-refractivity contribution is 0.191. The number of ether oxygens (including phenoxy) is 1. The largest absolute Gasteiger partial charge is 0.497 e. The van der Waals surface area contributed by atoms with Gasteiger partial charge >= 0.3 is 0 Å². The number of methoxy groups -OCH3 is 1. The van der Waals surface area contributed by atoms with Crippen molar-refractivity contribution in [3.8, 4) is 11.8 Å². The molecule has 0 aliphatic heterocycles. The first-order valence-corrected chi connectivity index (χ1v) is 6.39. The summed E-state index contributed by atoms with van der Waals surface area (Å²) in [6.45, 7) is 0.253. The summed E-state index contributed by atoms with van der Waals surface area (Å²) in [5, 5.41) is 21.8. The highest BCUT2D eigenvalue weighted by atomic mass is 19.1. The van der Waals surface area contributed by atoms with Gasteiger partial charge in [-0.1, -0.05) is 12.1 Å². The predicted molar refractivity (Wildman–Crippen MR) is 77.6 cm³/mol. The molecular formula is C16H15FN2O2. The van der Waals surface area contributed by atoms with Gasteiger partial charge in [0.05, 0.1) is 18.8 Å². The molecule has 1 atom stereocenters. The Morgan fingerprint density at radius 3 is 2.62 bits per heavy atom. The molecule has 0 aliphatic rings. The summed E-state index contributed by atoms with van der Waals surface area (Å²) >= 11 is 0. The molecule has 0 amide bonds. The van der Waals surface area contributed by atoms with Gasteiger partial charge in [-0.05, 0) is 35.9 Å². The highest BCUT2D eigenvalue weighted by Gasteiger charge is 2.08. The molecule has 2 rings (SSSR count). The molecule has 0 fully saturated rings. The Morgan fingerprint density at radius 1 is 1.29 bits per heavy atom. The summed E-state index contributed by atoms with van der Waals surface area (Å²) in [6, 6.07) is 13.0. The SMILES string of the molecule is COc1ccc(C(O)CNc2ccc(F)c(C#N)c2)cc1. The molecule has 108 valence electrons. The minimum atomic E-state index is -0.716. The Labute approximate surface area is 122 Å². The van der Waals surface area contributed by atoms with Crippen molar-refractivity contribution < 1.29 is 14.2 Å². The second-order valence-electron chi connectivity index (χ2n) is 4.48. The van der Waals surface area contributed by atoms with Crippen molar-refractivity contribution in [2.24, 2.45) is 0 Å². The van der Waals surface area contributed by atoms with Crippen LogP contribution in [0, 0.1) is 17.1 Å². The van der Waals surface area contributed by atoms with Crippen molar-refractivity contribution in [2.75, 3.05) is 19.0 Å². The molecule has 0 aromatic heterocycles. The molecule has 0 heterocycles. The van der Waals surface area contributed by atoms with E-state index in [2.05, 4.69) is 5.32 Å². The van der Waals surface area contributed by atoms with Crippen LogP contribution in [0.1, 0.15) is 17.2 Å². The van der Waals surface area contributed by atoms with Gasteiger partial charge in [-0.25, -0.2) is 4.39 Å². The summed E-state index contributed by atoms with van der Waals surface area (Å²) in [5.41, 5.74) is 1.30. The molecule has 2 N–H and O–H groups in total. The zero-order valence-corrected chi connectivity index (χ0v) is 11.5. The highest BCUT2D eigenvalue weighted by molar-refractivity contribution is 5.50. The molecule has 2 aromatic carbocycles. The van der Waals surface area contributed by atoms with Crippen molar-refractivity contribution in [1.29, 1.82) is 5.26 Å². The molecule has 0 spiro atoms. The van der Waals surface area contributed by atoms with E-state index in [-0.39, 0.29) is 12.1 Å². The molecule has 5 heteroatoms. The van der Waals surface area contributed by atoms with Crippen LogP contribution in [0.2, 0.25) is 0 Å². The highest BCUT2D eigenvalue weighted by Crippen LogP contribution is 2.19. The van der Waals surface area contributed by atoms with Crippen LogP contribution in [0.3, 0.4) is 0 Å². The van der Waals surface area contributed by atoms with Gasteiger partial charge in [-0.2, -0.15) is 5.26 Å². The van der Waals surface area contributed by atoms with Crippen LogP contribution in [0.15, 0.2) is 42.5 Å². The Hall–Kier alpha value is -2.58. The van der Waals surface area contributed by atoms with Crippen LogP contribution in [0.5, 0.6) is 5.75 Å². The van der Waals surface area contributed by atoms with Crippen molar-refractivity contribution in [2.45, 2.75) is 6.10 Å². The molecule has 0 bridgehead atoms. The van der Waals surface area contributed by atoms with E-state index in [1.165, 1.54) is 18.2 Å². The molecule has 2 aromatic rings. The molecule has 0 saturated carbocycles. The second kappa shape index (κ2) is 6.73. The standard InChI is InChI=1S/C16H15FN2O2/c1-21-14-5-2-11(3-6-14)16(20)10-19-13-4-7-15(17)12(8-13)9-18/h2-8,16,19-20H,10H2,1H3. The third-order valence-electron chi connectivity index (χ3n) is 3.09. The Morgan fingerprint density at radius 2 is 2.00 bits per heavy atom. The first-order chi connectivity index (χ1) is 10.1. The zero-order chi connectivity index (χ0) is 15.2. The number of hydrogen-bond donors (Lipinski definition) is 2. The minimum absolute atomic E-state index is 0.0288. The summed E-state index contributed by atoms with van der Waals surface area (Å²) in [5.74, 6) is 0.162. The van der Waals surface area contributed by atoms with Gasteiger partial charge < -0.3 is 15.2 Å². The van der Waals surface area contributed by atoms with Gasteiger partial charge in [0.1, 0.15) is 17.6 Å². The number of nitriles is 1. The van der Waals surface area contributed by atoms with Crippen LogP contribution in [0.25, 0.3) is 0 Å². The van der Waals surface area contributed by atoms with Crippen molar-refractivity contribution >= 4 is 5.69 Å². The third kappa shape index (κ3) is 3.71. The van der Waals surface area contributed by atoms with Gasteiger partial charge in [0.2, 0.25) is 0 Å². The van der Waals surface area contributed by atoms with Crippen LogP contribution in [0.4, 0.5) is 10.1 Å². The monoisotopic (exact) mass is 286 g/mol. The minimum Gasteiger partial charge on any atom is -0.497 e. The Bertz CT molecular complexity index is 650. The fourth-order valence-electron chi connectivity index (χ4n) is 1.88. The van der Waals surface area contributed by atoms with Crippen molar-refractivity contribution in [3.05, 3.63) is 59.4 Å². The number of hydrogen-bond acceptors (Lipinski definition) is 4. The van der Waals surface area contributed by atoms with Crippen LogP contribution in [-0.2, 0) is 0 Å². The fourth-order valence-corrected chi connectivity index (χ4v) is 1.88. The van der Waals surface area contributed by atoms with E-state index >= 15 is 0 Å². The first-order valence-electron chi connectivity index (χ1n) is 6.39. The van der Waals surface area contributed by atoms with Gasteiger partial charge in [-0.15, -0.1) is 0 Å². The zero-order valence-electron chi connectivity index (χ0n) is 11.5. The van der Waals surface area contributed by atoms with Gasteiger partial charge in [0.15, 0.2) is 0 Å². The van der Waals surface area contributed by atoms with E-state index in [9.17, 15) is 9.50 Å². The van der Waals surface area contributed by atoms with Gasteiger partial charge in [-0.3, -0.25) is 0 Å². The third-order valence-corrected chi connectivity index (χ3v) is 3.09. The average molecular weight is 286 g/mol. The molecule has 4 nitrogen and oxygen atoms in total. The number of anilines is 1. The van der Waals surface area contributed by atoms with Gasteiger partial charge in [0, 0.05) is 12.2 Å². The summed E-state index contributed by atoms with van der Waals surface area (Å²) in [7, 11) is 1.58. The maximum Gasteiger partial charge on any atom is 0.141 e. The van der Waals surface area contributed by atoms with Crippen LogP contribution < -0.4 is 10.1 Å². The number of halogens is 1. The van der Waals surface area contributed by atoms with E-state index in [0.29, 0.717) is 5.69 Å². The smallest absolute Gasteiger partial charge is 0.141 e. The van der Waals surface area contributed by atoms with Crippen LogP contribution >= 0.6 is 0 Å². The van der Waals surface area contributed by atoms with E-state index in [0.717, 1.165) is 11.3 Å². The molecule has 0 aliphatic carbocycles. The summed E-state index contributed by atoms with van der Waals surface area (Å²) < 4.78 is 18.2. The number of nitrogens with zero attached hydrogens (tertiary/aromatic N) is 1. The lowest BCUT2D eigenvalue weighted by Gasteiger charge is -2.14. The average Bonchev–Trinajstić information content (AvgIpc) is 2.53. The first kappa shape index (κ1) is 14.8. The van der Waals surface area contributed by atoms with Gasteiger partial charge in [0.25, 0.3) is 0 Å². The van der Waals surface area contributed by atoms with E-state index in [1.807, 2.05) is 0 Å². The summed E-state index contributed by atoms with van der Waals surface area (Å²) in [4.78, 5) is 0. The number of aliphatic hydroxyl groups excluding tert-OH is 1. The normalized spacial score (nSPS) is 11.5. The van der Waals surface area contributed by atoms with E-state index in [4.69, 9.17) is 10.00 Å². The molecule has 0 radical (unpaired) electrons. The maximum atomic E-state index is 13.2. The van der Waals surface area contributed by atoms with Crippen molar-refractivity contribution in [3.63, 3.8) is 0 Å². The number of nitrogens with one attached hydrogen (secondary N) is 1. The number of rotatable bonds is 5.